The van der Waals surface area contributed by atoms with E-state index in [0.717, 1.165) is 12.8 Å². The maximum atomic E-state index is 14.0. The number of rotatable bonds is 5. The van der Waals surface area contributed by atoms with Crippen molar-refractivity contribution >= 4 is 11.8 Å². The molecule has 0 aromatic heterocycles. The minimum Gasteiger partial charge on any atom is -0.493 e. The van der Waals surface area contributed by atoms with E-state index in [4.69, 9.17) is 9.47 Å². The Bertz CT molecular complexity index is 974. The van der Waals surface area contributed by atoms with E-state index in [9.17, 15) is 14.0 Å². The zero-order chi connectivity index (χ0) is 22.5. The Morgan fingerprint density at radius 1 is 0.875 bits per heavy atom. The second-order valence-corrected chi connectivity index (χ2v) is 8.31. The zero-order valence-electron chi connectivity index (χ0n) is 18.4. The number of benzene rings is 2. The Morgan fingerprint density at radius 3 is 2.25 bits per heavy atom. The molecule has 0 bridgehead atoms. The van der Waals surface area contributed by atoms with Gasteiger partial charge in [0.1, 0.15) is 5.82 Å². The van der Waals surface area contributed by atoms with Crippen LogP contribution in [0, 0.1) is 5.82 Å². The third kappa shape index (κ3) is 4.87. The lowest BCUT2D eigenvalue weighted by Gasteiger charge is -2.23. The van der Waals surface area contributed by atoms with Gasteiger partial charge in [0.2, 0.25) is 0 Å². The molecular formula is C25H29FN2O4. The van der Waals surface area contributed by atoms with Gasteiger partial charge in [0, 0.05) is 31.7 Å². The molecule has 6 nitrogen and oxygen atoms in total. The van der Waals surface area contributed by atoms with Crippen molar-refractivity contribution in [2.24, 2.45) is 0 Å². The molecule has 7 heteroatoms. The highest BCUT2D eigenvalue weighted by Crippen LogP contribution is 2.32. The number of hydrogen-bond donors (Lipinski definition) is 0. The minimum absolute atomic E-state index is 0.0647. The summed E-state index contributed by atoms with van der Waals surface area (Å²) in [5.74, 6) is 0.229. The summed E-state index contributed by atoms with van der Waals surface area (Å²) in [5, 5.41) is 0. The van der Waals surface area contributed by atoms with Gasteiger partial charge in [-0.25, -0.2) is 4.39 Å². The zero-order valence-corrected chi connectivity index (χ0v) is 18.4. The number of nitrogens with zero attached hydrogens (tertiary/aromatic N) is 2. The first-order valence-electron chi connectivity index (χ1n) is 11.2. The van der Waals surface area contributed by atoms with Crippen LogP contribution >= 0.6 is 0 Å². The van der Waals surface area contributed by atoms with Crippen LogP contribution in [0.5, 0.6) is 11.5 Å². The van der Waals surface area contributed by atoms with Crippen molar-refractivity contribution in [1.82, 2.24) is 9.80 Å². The molecule has 1 heterocycles. The van der Waals surface area contributed by atoms with Crippen LogP contribution in [-0.4, -0.2) is 61.0 Å². The minimum atomic E-state index is -0.526. The molecule has 0 unspecified atom stereocenters. The van der Waals surface area contributed by atoms with Gasteiger partial charge < -0.3 is 19.3 Å². The van der Waals surface area contributed by atoms with Crippen LogP contribution in [0.1, 0.15) is 52.8 Å². The molecule has 170 valence electrons. The van der Waals surface area contributed by atoms with Crippen LogP contribution in [0.15, 0.2) is 42.5 Å². The largest absolute Gasteiger partial charge is 0.493 e. The summed E-state index contributed by atoms with van der Waals surface area (Å²) in [4.78, 5) is 29.2. The maximum absolute atomic E-state index is 14.0. The fourth-order valence-electron chi connectivity index (χ4n) is 4.39. The van der Waals surface area contributed by atoms with Crippen LogP contribution in [0.4, 0.5) is 4.39 Å². The second-order valence-electron chi connectivity index (χ2n) is 8.31. The van der Waals surface area contributed by atoms with Crippen molar-refractivity contribution in [3.05, 3.63) is 59.4 Å². The lowest BCUT2D eigenvalue weighted by Crippen LogP contribution is -2.37. The van der Waals surface area contributed by atoms with Gasteiger partial charge in [0.25, 0.3) is 11.8 Å². The maximum Gasteiger partial charge on any atom is 0.256 e. The number of carbonyl (C=O) groups excluding carboxylic acids is 2. The van der Waals surface area contributed by atoms with E-state index in [1.807, 2.05) is 0 Å². The topological polar surface area (TPSA) is 59.1 Å². The Hall–Kier alpha value is -3.09. The molecule has 2 aromatic rings. The number of ether oxygens (including phenoxy) is 2. The molecule has 1 saturated carbocycles. The molecule has 2 aromatic carbocycles. The Balaban J connectivity index is 1.42. The fourth-order valence-corrected chi connectivity index (χ4v) is 4.39. The van der Waals surface area contributed by atoms with Gasteiger partial charge in [-0.3, -0.25) is 9.59 Å². The van der Waals surface area contributed by atoms with Gasteiger partial charge in [-0.2, -0.15) is 0 Å². The summed E-state index contributed by atoms with van der Waals surface area (Å²) in [6, 6.07) is 11.3. The summed E-state index contributed by atoms with van der Waals surface area (Å²) in [6.45, 7) is 1.76. The predicted octanol–water partition coefficient (Wildman–Crippen LogP) is 4.14. The van der Waals surface area contributed by atoms with Crippen molar-refractivity contribution in [2.75, 3.05) is 33.3 Å². The molecule has 0 atom stereocenters. The molecule has 1 aliphatic carbocycles. The first-order chi connectivity index (χ1) is 15.6. The molecular weight excluding hydrogens is 411 g/mol. The van der Waals surface area contributed by atoms with Crippen molar-refractivity contribution in [1.29, 1.82) is 0 Å². The Kier molecular flexibility index (Phi) is 6.93. The van der Waals surface area contributed by atoms with Crippen molar-refractivity contribution in [3.63, 3.8) is 0 Å². The molecule has 2 fully saturated rings. The Morgan fingerprint density at radius 2 is 1.56 bits per heavy atom. The highest BCUT2D eigenvalue weighted by atomic mass is 19.1. The first kappa shape index (κ1) is 22.1. The number of amides is 2. The van der Waals surface area contributed by atoms with Crippen LogP contribution in [-0.2, 0) is 0 Å². The van der Waals surface area contributed by atoms with E-state index in [0.29, 0.717) is 49.7 Å². The van der Waals surface area contributed by atoms with E-state index < -0.39 is 5.82 Å². The number of carbonyl (C=O) groups is 2. The van der Waals surface area contributed by atoms with Crippen LogP contribution < -0.4 is 9.47 Å². The van der Waals surface area contributed by atoms with E-state index in [1.165, 1.54) is 25.0 Å². The summed E-state index contributed by atoms with van der Waals surface area (Å²) in [5.41, 5.74) is 0.587. The lowest BCUT2D eigenvalue weighted by molar-refractivity contribution is 0.0716. The predicted molar refractivity (Wildman–Crippen MR) is 119 cm³/mol. The van der Waals surface area contributed by atoms with Crippen molar-refractivity contribution in [2.45, 2.75) is 38.2 Å². The van der Waals surface area contributed by atoms with Crippen LogP contribution in [0.2, 0.25) is 0 Å². The molecule has 0 N–H and O–H groups in total. The monoisotopic (exact) mass is 440 g/mol. The van der Waals surface area contributed by atoms with Crippen LogP contribution in [0.25, 0.3) is 0 Å². The van der Waals surface area contributed by atoms with Crippen molar-refractivity contribution in [3.8, 4) is 11.5 Å². The summed E-state index contributed by atoms with van der Waals surface area (Å²) in [6.07, 6.45) is 5.27. The average molecular weight is 441 g/mol. The highest BCUT2D eigenvalue weighted by molar-refractivity contribution is 5.96. The van der Waals surface area contributed by atoms with E-state index in [2.05, 4.69) is 0 Å². The molecule has 0 spiro atoms. The highest BCUT2D eigenvalue weighted by Gasteiger charge is 2.26. The van der Waals surface area contributed by atoms with Crippen molar-refractivity contribution < 1.29 is 23.5 Å². The molecule has 2 amide bonds. The van der Waals surface area contributed by atoms with Gasteiger partial charge in [0.05, 0.1) is 18.8 Å². The van der Waals surface area contributed by atoms with Gasteiger partial charge >= 0.3 is 0 Å². The van der Waals surface area contributed by atoms with Gasteiger partial charge in [-0.1, -0.05) is 12.1 Å². The second kappa shape index (κ2) is 10.0. The molecule has 2 aliphatic rings. The molecule has 0 radical (unpaired) electrons. The molecule has 32 heavy (non-hydrogen) atoms. The van der Waals surface area contributed by atoms with Gasteiger partial charge in [-0.15, -0.1) is 0 Å². The third-order valence-corrected chi connectivity index (χ3v) is 6.18. The first-order valence-corrected chi connectivity index (χ1v) is 11.2. The van der Waals surface area contributed by atoms with Gasteiger partial charge in [-0.05, 0) is 62.4 Å². The van der Waals surface area contributed by atoms with Gasteiger partial charge in [0.15, 0.2) is 11.5 Å². The van der Waals surface area contributed by atoms with E-state index in [-0.39, 0.29) is 23.5 Å². The standard InChI is InChI=1S/C25H29FN2O4/c1-31-23-17-18(11-12-22(23)32-19-7-2-3-8-19)24(29)27-13-6-14-28(16-15-27)25(30)20-9-4-5-10-21(20)26/h4-5,9-12,17,19H,2-3,6-8,13-16H2,1H3. The molecule has 4 rings (SSSR count). The summed E-state index contributed by atoms with van der Waals surface area (Å²) < 4.78 is 25.6. The number of halogens is 1. The number of methoxy groups -OCH3 is 1. The normalized spacial score (nSPS) is 17.2. The van der Waals surface area contributed by atoms with E-state index in [1.54, 1.807) is 47.2 Å². The summed E-state index contributed by atoms with van der Waals surface area (Å²) >= 11 is 0. The average Bonchev–Trinajstić information content (AvgIpc) is 3.20. The molecule has 1 saturated heterocycles. The Labute approximate surface area is 187 Å². The third-order valence-electron chi connectivity index (χ3n) is 6.18. The van der Waals surface area contributed by atoms with Crippen LogP contribution in [0.3, 0.4) is 0 Å². The fraction of sp³-hybridized carbons (Fsp3) is 0.440. The smallest absolute Gasteiger partial charge is 0.256 e. The summed E-state index contributed by atoms with van der Waals surface area (Å²) in [7, 11) is 1.57. The quantitative estimate of drug-likeness (QED) is 0.701. The van der Waals surface area contributed by atoms with E-state index >= 15 is 0 Å². The SMILES string of the molecule is COc1cc(C(=O)N2CCCN(C(=O)c3ccccc3F)CC2)ccc1OC1CCCC1. The molecule has 1 aliphatic heterocycles. The lowest BCUT2D eigenvalue weighted by atomic mass is 10.1. The number of hydrogen-bond acceptors (Lipinski definition) is 4.